The van der Waals surface area contributed by atoms with E-state index in [1.54, 1.807) is 60.7 Å². The summed E-state index contributed by atoms with van der Waals surface area (Å²) in [7, 11) is 1.23. The zero-order chi connectivity index (χ0) is 81.6. The molecule has 0 saturated carbocycles. The molecule has 6 aromatic rings. The molecule has 2 heterocycles. The molecular weight excluding hydrogens is 1460 g/mol. The number of carbonyl (C=O) groups is 1. The van der Waals surface area contributed by atoms with Crippen molar-refractivity contribution in [1.29, 1.82) is 10.8 Å². The molecule has 33 heteroatoms. The Hall–Kier alpha value is -11.8. The summed E-state index contributed by atoms with van der Waals surface area (Å²) in [5, 5.41) is 178. The molecule has 1 aliphatic rings. The van der Waals surface area contributed by atoms with Crippen molar-refractivity contribution in [3.63, 3.8) is 0 Å². The molecule has 1 aromatic heterocycles. The lowest BCUT2D eigenvalue weighted by molar-refractivity contribution is -0.132. The van der Waals surface area contributed by atoms with Crippen molar-refractivity contribution in [2.24, 2.45) is 56.0 Å². The second-order valence-electron chi connectivity index (χ2n) is 27.6. The highest BCUT2D eigenvalue weighted by Gasteiger charge is 2.38. The molecule has 600 valence electrons. The van der Waals surface area contributed by atoms with Crippen molar-refractivity contribution >= 4 is 111 Å². The first-order valence-electron chi connectivity index (χ1n) is 36.6. The van der Waals surface area contributed by atoms with E-state index in [0.29, 0.717) is 70.9 Å². The van der Waals surface area contributed by atoms with Crippen molar-refractivity contribution in [3.05, 3.63) is 173 Å². The highest BCUT2D eigenvalue weighted by atomic mass is 35.5. The first kappa shape index (κ1) is 87.5. The molecule has 10 atom stereocenters. The van der Waals surface area contributed by atoms with E-state index in [-0.39, 0.29) is 69.3 Å². The fraction of sp³-hybridized carbons (Fsp3) is 0.418. The predicted molar refractivity (Wildman–Crippen MR) is 440 cm³/mol. The standard InChI is InChI=1S/C79H102ClN17O15/c1-45(2)36-60(69(101)89-59(17-10-11-34-84-46(3)4)77(109)97-35-13-18-67(97)76(108)85-47(5)68(81)100)90-71(103)63(39-50-22-29-57(30-23-50)87-78(82)110)92-73(105)64(40-51-24-31-58(32-25-51)88-79(111)96-112-7)94-75(107)66(44-98)95-74(106)65(42-53-14-12-33-83-43-53)93-72(104)62(38-49-20-27-56(80)28-21-49)91-70(102)61(86-48(6)99)41-52-19-26-54-15-8-9-16-55(54)37-52/h8-9,12,14-16,19-33,37,43,45-47,59-67,84,98H,10-11,13,17-18,34-36,38-42,44H2,1-7H3,(H2,81,100)(H,85,108)(H,86,99)(H,89,101)(H,90,103)(H,91,102)(H,92,105)(H,93,104)(H,94,107)(H,95,106)(H3,82,87,110)(H2,88,96,111)/t47-,59+,60+,61-,62-,63-,64+,65-,66+,67+/m1/s1. The molecule has 1 saturated heterocycles. The van der Waals surface area contributed by atoms with Gasteiger partial charge in [-0.1, -0.05) is 124 Å². The first-order chi connectivity index (χ1) is 53.4. The van der Waals surface area contributed by atoms with Crippen LogP contribution in [0.25, 0.3) is 10.8 Å². The summed E-state index contributed by atoms with van der Waals surface area (Å²) in [6, 6.07) is 20.4. The first-order valence-corrected chi connectivity index (χ1v) is 37.0. The van der Waals surface area contributed by atoms with Gasteiger partial charge in [0.15, 0.2) is 11.9 Å². The summed E-state index contributed by atoms with van der Waals surface area (Å²) in [5.74, 6) is -7.91. The van der Waals surface area contributed by atoms with E-state index in [1.165, 1.54) is 62.5 Å². The number of amides is 1. The smallest absolute Gasteiger partial charge is 0.325 e. The molecule has 1 aliphatic heterocycles. The van der Waals surface area contributed by atoms with Crippen LogP contribution in [0.4, 0.5) is 11.4 Å². The Morgan fingerprint density at radius 1 is 0.554 bits per heavy atom. The molecule has 1 amide bonds. The van der Waals surface area contributed by atoms with E-state index in [2.05, 4.69) is 75.9 Å². The van der Waals surface area contributed by atoms with Gasteiger partial charge in [0, 0.05) is 80.4 Å². The number of halogens is 1. The summed E-state index contributed by atoms with van der Waals surface area (Å²) in [5.41, 5.74) is 3.23. The summed E-state index contributed by atoms with van der Waals surface area (Å²) < 4.78 is 0. The molecule has 0 aliphatic carbocycles. The number of nitrogens with zero attached hydrogens (tertiary/aromatic N) is 12. The molecule has 18 N–H and O–H groups in total. The van der Waals surface area contributed by atoms with Crippen LogP contribution in [0.15, 0.2) is 190 Å². The number of aromatic nitrogens is 1. The number of anilines is 2. The number of carbonyl (C=O) groups excluding carboxylic acids is 1. The number of hydrogen-bond donors (Lipinski definition) is 18. The van der Waals surface area contributed by atoms with Crippen molar-refractivity contribution in [2.75, 3.05) is 37.4 Å². The third kappa shape index (κ3) is 28.3. The molecule has 32 nitrogen and oxygen atoms in total. The number of oxime groups is 1. The van der Waals surface area contributed by atoms with E-state index in [4.69, 9.17) is 22.4 Å². The Morgan fingerprint density at radius 3 is 1.53 bits per heavy atom. The number of amidine groups is 2. The highest BCUT2D eigenvalue weighted by Crippen LogP contribution is 2.26. The third-order valence-electron chi connectivity index (χ3n) is 17.8. The monoisotopic (exact) mass is 1560 g/mol. The molecular formula is C79H102ClN17O15. The van der Waals surface area contributed by atoms with E-state index in [9.17, 15) is 71.2 Å². The molecule has 0 unspecified atom stereocenters. The maximum Gasteiger partial charge on any atom is 0.325 e. The van der Waals surface area contributed by atoms with Gasteiger partial charge in [0.25, 0.3) is 6.02 Å². The van der Waals surface area contributed by atoms with Crippen LogP contribution in [-0.4, -0.2) is 246 Å². The maximum atomic E-state index is 14.7. The summed E-state index contributed by atoms with van der Waals surface area (Å²) in [6.07, 6.45) is 4.10. The predicted octanol–water partition coefficient (Wildman–Crippen LogP) is 11.9. The third-order valence-corrected chi connectivity index (χ3v) is 18.1. The van der Waals surface area contributed by atoms with Crippen LogP contribution in [-0.2, 0) is 41.7 Å². The lowest BCUT2D eigenvalue weighted by Gasteiger charge is -2.27. The zero-order valence-electron chi connectivity index (χ0n) is 63.5. The minimum Gasteiger partial charge on any atom is -0.497 e. The zero-order valence-corrected chi connectivity index (χ0v) is 64.2. The quantitative estimate of drug-likeness (QED) is 0.00733. The van der Waals surface area contributed by atoms with Gasteiger partial charge >= 0.3 is 6.02 Å². The molecule has 112 heavy (non-hydrogen) atoms. The van der Waals surface area contributed by atoms with Crippen LogP contribution in [0.2, 0.25) is 5.02 Å². The number of pyridine rings is 1. The maximum absolute atomic E-state index is 14.7. The van der Waals surface area contributed by atoms with Crippen LogP contribution < -0.4 is 16.0 Å². The minimum atomic E-state index is -1.86. The number of aliphatic hydroxyl groups is 13. The Bertz CT molecular complexity index is 4400. The van der Waals surface area contributed by atoms with Gasteiger partial charge in [-0.15, -0.1) is 0 Å². The van der Waals surface area contributed by atoms with Gasteiger partial charge in [-0.3, -0.25) is 20.6 Å². The number of aliphatic hydroxyl groups excluding tert-OH is 13. The number of aliphatic imine (C=N–C) groups is 9. The van der Waals surface area contributed by atoms with Gasteiger partial charge in [-0.25, -0.2) is 44.9 Å². The average Bonchev–Trinajstić information content (AvgIpc) is 1.69. The highest BCUT2D eigenvalue weighted by molar-refractivity contribution is 6.30. The number of rotatable bonds is 41. The van der Waals surface area contributed by atoms with E-state index in [1.807, 2.05) is 70.2 Å². The number of likely N-dealkylation sites (tertiary alicyclic amines) is 1. The van der Waals surface area contributed by atoms with Gasteiger partial charge in [0.1, 0.15) is 61.5 Å². The van der Waals surface area contributed by atoms with Crippen LogP contribution in [0.5, 0.6) is 0 Å². The number of nitrogens with one attached hydrogen (secondary N) is 5. The van der Waals surface area contributed by atoms with Crippen LogP contribution in [0.3, 0.4) is 0 Å². The Labute approximate surface area is 654 Å². The molecule has 0 spiro atoms. The summed E-state index contributed by atoms with van der Waals surface area (Å²) in [6.45, 7) is 10.1. The van der Waals surface area contributed by atoms with Crippen LogP contribution in [0, 0.1) is 16.7 Å². The van der Waals surface area contributed by atoms with Crippen LogP contribution in [0.1, 0.15) is 108 Å². The summed E-state index contributed by atoms with van der Waals surface area (Å²) in [4.78, 5) is 65.1. The second kappa shape index (κ2) is 43.6. The van der Waals surface area contributed by atoms with Gasteiger partial charge in [-0.05, 0) is 144 Å². The lowest BCUT2D eigenvalue weighted by Crippen LogP contribution is -2.46. The van der Waals surface area contributed by atoms with Crippen molar-refractivity contribution in [3.8, 4) is 0 Å². The van der Waals surface area contributed by atoms with Gasteiger partial charge in [0.05, 0.1) is 6.61 Å². The average molecular weight is 1570 g/mol. The van der Waals surface area contributed by atoms with Gasteiger partial charge in [-0.2, -0.15) is 0 Å². The molecule has 7 rings (SSSR count). The number of hydrogen-bond acceptors (Lipinski definition) is 17. The molecule has 5 aromatic carbocycles. The Kier molecular flexibility index (Phi) is 34.0. The lowest BCUT2D eigenvalue weighted by atomic mass is 10.0. The van der Waals surface area contributed by atoms with Gasteiger partial charge in [0.2, 0.25) is 59.0 Å². The van der Waals surface area contributed by atoms with E-state index < -0.39 is 138 Å². The van der Waals surface area contributed by atoms with Crippen molar-refractivity contribution in [1.82, 2.24) is 15.2 Å². The molecule has 1 fully saturated rings. The second-order valence-corrected chi connectivity index (χ2v) is 28.1. The fourth-order valence-corrected chi connectivity index (χ4v) is 12.3. The van der Waals surface area contributed by atoms with Gasteiger partial charge < -0.3 is 92.1 Å². The minimum absolute atomic E-state index is 0.0277. The largest absolute Gasteiger partial charge is 0.497 e. The summed E-state index contributed by atoms with van der Waals surface area (Å²) >= 11 is 6.28. The number of benzene rings is 5. The number of fused-ring (bicyclic) bond motifs is 1. The number of unbranched alkanes of at least 4 members (excludes halogenated alkanes) is 1. The Balaban J connectivity index is 1.34. The normalized spacial score (nSPS) is 17.2. The van der Waals surface area contributed by atoms with Crippen LogP contribution >= 0.6 is 11.6 Å². The van der Waals surface area contributed by atoms with E-state index >= 15 is 0 Å². The topological polar surface area (TPSA) is 513 Å². The Morgan fingerprint density at radius 2 is 1.03 bits per heavy atom. The van der Waals surface area contributed by atoms with Crippen molar-refractivity contribution < 1.29 is 76.0 Å². The SMILES string of the molecule is CON=C(O)Nc1ccc(C[C@H](N=C(O)[C@H](CO)N=C(O)[C@@H](Cc2cccnc2)N=C(O)[C@@H](Cc2ccc(Cl)cc2)N=C(O)[C@@H](Cc2ccc3ccccc3c2)N=C(C)O)C(O)=N[C@H](Cc2ccc(NC(=N)O)cc2)C(O)=N[C@@H](CC(C)C)C(O)=N[C@@H](CCCCNC(C)C)C(=O)N2CCC[C@H]2C(O)=N[C@H](C)C(=N)O)cc1. The fourth-order valence-electron chi connectivity index (χ4n) is 12.1. The molecule has 0 radical (unpaired) electrons. The van der Waals surface area contributed by atoms with Crippen molar-refractivity contribution in [2.45, 2.75) is 179 Å². The van der Waals surface area contributed by atoms with E-state index in [0.717, 1.165) is 16.3 Å². The molecule has 0 bridgehead atoms.